The van der Waals surface area contributed by atoms with Crippen molar-refractivity contribution in [3.8, 4) is 11.5 Å². The number of benzene rings is 3. The van der Waals surface area contributed by atoms with E-state index in [4.69, 9.17) is 9.47 Å². The van der Waals surface area contributed by atoms with E-state index >= 15 is 0 Å². The van der Waals surface area contributed by atoms with Crippen molar-refractivity contribution in [3.05, 3.63) is 90.0 Å². The number of nitrogens with zero attached hydrogens (tertiary/aromatic N) is 1. The third kappa shape index (κ3) is 5.03. The van der Waals surface area contributed by atoms with Crippen molar-refractivity contribution in [1.82, 2.24) is 5.32 Å². The number of ether oxygens (including phenoxy) is 2. The van der Waals surface area contributed by atoms with Gasteiger partial charge in [-0.25, -0.2) is 8.42 Å². The topological polar surface area (TPSA) is 84.9 Å². The Labute approximate surface area is 187 Å². The fourth-order valence-corrected chi connectivity index (χ4v) is 4.38. The average Bonchev–Trinajstić information content (AvgIpc) is 2.81. The Bertz CT molecular complexity index is 1200. The molecule has 0 unspecified atom stereocenters. The van der Waals surface area contributed by atoms with Crippen molar-refractivity contribution in [2.75, 3.05) is 23.7 Å². The molecule has 0 radical (unpaired) electrons. The summed E-state index contributed by atoms with van der Waals surface area (Å²) in [5.74, 6) is 0.916. The maximum Gasteiger partial charge on any atom is 0.253 e. The quantitative estimate of drug-likeness (QED) is 0.595. The molecule has 8 heteroatoms. The van der Waals surface area contributed by atoms with E-state index < -0.39 is 10.0 Å². The minimum Gasteiger partial charge on any atom is -0.486 e. The van der Waals surface area contributed by atoms with Crippen molar-refractivity contribution in [1.29, 1.82) is 0 Å². The fraction of sp³-hybridized carbons (Fsp3) is 0.208. The Kier molecular flexibility index (Phi) is 6.32. The number of hydrogen-bond donors (Lipinski definition) is 1. The number of nitrogens with one attached hydrogen (secondary N) is 1. The van der Waals surface area contributed by atoms with Crippen LogP contribution in [0, 0.1) is 0 Å². The summed E-state index contributed by atoms with van der Waals surface area (Å²) in [5.41, 5.74) is 1.41. The van der Waals surface area contributed by atoms with Crippen LogP contribution >= 0.6 is 0 Å². The molecule has 32 heavy (non-hydrogen) atoms. The summed E-state index contributed by atoms with van der Waals surface area (Å²) in [5, 5.41) is 2.84. The first kappa shape index (κ1) is 21.7. The lowest BCUT2D eigenvalue weighted by Crippen LogP contribution is -2.41. The van der Waals surface area contributed by atoms with Gasteiger partial charge in [0.05, 0.1) is 30.6 Å². The molecule has 0 fully saturated rings. The highest BCUT2D eigenvalue weighted by Crippen LogP contribution is 2.31. The standard InChI is InChI=1S/C24H24N2O5S/c1-32(28,29)26(16-18-9-3-2-4-10-18)21-12-6-5-11-20(21)24(27)25-15-19-17-30-22-13-7-8-14-23(22)31-19/h2-14,19H,15-17H2,1H3,(H,25,27)/t19-/m1/s1. The molecule has 1 atom stereocenters. The molecule has 0 saturated heterocycles. The summed E-state index contributed by atoms with van der Waals surface area (Å²) in [7, 11) is -3.63. The molecular weight excluding hydrogens is 428 g/mol. The first-order valence-corrected chi connectivity index (χ1v) is 12.0. The van der Waals surface area contributed by atoms with Gasteiger partial charge in [-0.05, 0) is 29.8 Å². The molecule has 0 aliphatic carbocycles. The molecule has 0 spiro atoms. The van der Waals surface area contributed by atoms with Gasteiger partial charge in [-0.1, -0.05) is 54.6 Å². The second-order valence-electron chi connectivity index (χ2n) is 7.48. The number of hydrogen-bond acceptors (Lipinski definition) is 5. The molecular formula is C24H24N2O5S. The zero-order valence-electron chi connectivity index (χ0n) is 17.6. The van der Waals surface area contributed by atoms with E-state index in [-0.39, 0.29) is 30.7 Å². The molecule has 166 valence electrons. The highest BCUT2D eigenvalue weighted by molar-refractivity contribution is 7.92. The second kappa shape index (κ2) is 9.32. The van der Waals surface area contributed by atoms with Crippen molar-refractivity contribution in [3.63, 3.8) is 0 Å². The molecule has 0 saturated carbocycles. The van der Waals surface area contributed by atoms with Crippen LogP contribution in [0.4, 0.5) is 5.69 Å². The average molecular weight is 453 g/mol. The van der Waals surface area contributed by atoms with Gasteiger partial charge < -0.3 is 14.8 Å². The Morgan fingerprint density at radius 3 is 2.38 bits per heavy atom. The predicted molar refractivity (Wildman–Crippen MR) is 123 cm³/mol. The van der Waals surface area contributed by atoms with Crippen LogP contribution in [0.1, 0.15) is 15.9 Å². The number of rotatable bonds is 7. The van der Waals surface area contributed by atoms with E-state index in [2.05, 4.69) is 5.32 Å². The molecule has 0 aromatic heterocycles. The van der Waals surface area contributed by atoms with Gasteiger partial charge in [0, 0.05) is 0 Å². The molecule has 1 aliphatic heterocycles. The van der Waals surface area contributed by atoms with Gasteiger partial charge in [-0.15, -0.1) is 0 Å². The van der Waals surface area contributed by atoms with Crippen LogP contribution in [0.25, 0.3) is 0 Å². The summed E-state index contributed by atoms with van der Waals surface area (Å²) in [4.78, 5) is 13.0. The van der Waals surface area contributed by atoms with Gasteiger partial charge in [0.15, 0.2) is 11.5 Å². The van der Waals surface area contributed by atoms with Crippen LogP contribution in [-0.4, -0.2) is 39.8 Å². The van der Waals surface area contributed by atoms with Crippen LogP contribution in [-0.2, 0) is 16.6 Å². The second-order valence-corrected chi connectivity index (χ2v) is 9.39. The Hall–Kier alpha value is -3.52. The molecule has 3 aromatic carbocycles. The SMILES string of the molecule is CS(=O)(=O)N(Cc1ccccc1)c1ccccc1C(=O)NC[C@@H]1COc2ccccc2O1. The van der Waals surface area contributed by atoms with E-state index in [1.165, 1.54) is 4.31 Å². The lowest BCUT2D eigenvalue weighted by molar-refractivity contribution is 0.0789. The van der Waals surface area contributed by atoms with E-state index in [1.54, 1.807) is 24.3 Å². The van der Waals surface area contributed by atoms with Crippen molar-refractivity contribution < 1.29 is 22.7 Å². The van der Waals surface area contributed by atoms with Gasteiger partial charge in [0.1, 0.15) is 12.7 Å². The number of fused-ring (bicyclic) bond motifs is 1. The summed E-state index contributed by atoms with van der Waals surface area (Å²) in [6, 6.07) is 23.3. The number of sulfonamides is 1. The Morgan fingerprint density at radius 2 is 1.62 bits per heavy atom. The summed E-state index contributed by atoms with van der Waals surface area (Å²) >= 11 is 0. The lowest BCUT2D eigenvalue weighted by atomic mass is 10.1. The van der Waals surface area contributed by atoms with Gasteiger partial charge in [-0.2, -0.15) is 0 Å². The van der Waals surface area contributed by atoms with E-state index in [9.17, 15) is 13.2 Å². The maximum absolute atomic E-state index is 13.0. The van der Waals surface area contributed by atoms with Crippen molar-refractivity contribution >= 4 is 21.6 Å². The molecule has 7 nitrogen and oxygen atoms in total. The summed E-state index contributed by atoms with van der Waals surface area (Å²) < 4.78 is 38.0. The number of carbonyl (C=O) groups excluding carboxylic acids is 1. The minimum atomic E-state index is -3.63. The molecule has 1 aliphatic rings. The van der Waals surface area contributed by atoms with Gasteiger partial charge in [0.2, 0.25) is 10.0 Å². The molecule has 3 aromatic rings. The van der Waals surface area contributed by atoms with Crippen molar-refractivity contribution in [2.45, 2.75) is 12.6 Å². The Morgan fingerprint density at radius 1 is 0.969 bits per heavy atom. The lowest BCUT2D eigenvalue weighted by Gasteiger charge is -2.27. The van der Waals surface area contributed by atoms with E-state index in [0.717, 1.165) is 11.8 Å². The maximum atomic E-state index is 13.0. The summed E-state index contributed by atoms with van der Waals surface area (Å²) in [6.45, 7) is 0.655. The van der Waals surface area contributed by atoms with Crippen LogP contribution in [0.5, 0.6) is 11.5 Å². The van der Waals surface area contributed by atoms with Crippen LogP contribution in [0.15, 0.2) is 78.9 Å². The Balaban J connectivity index is 1.51. The van der Waals surface area contributed by atoms with Crippen LogP contribution < -0.4 is 19.1 Å². The molecule has 4 rings (SSSR count). The third-order valence-electron chi connectivity index (χ3n) is 5.04. The molecule has 1 amide bonds. The van der Waals surface area contributed by atoms with Crippen LogP contribution in [0.3, 0.4) is 0 Å². The largest absolute Gasteiger partial charge is 0.486 e. The van der Waals surface area contributed by atoms with Gasteiger partial charge in [-0.3, -0.25) is 9.10 Å². The van der Waals surface area contributed by atoms with E-state index in [0.29, 0.717) is 23.8 Å². The van der Waals surface area contributed by atoms with Gasteiger partial charge in [0.25, 0.3) is 5.91 Å². The highest BCUT2D eigenvalue weighted by Gasteiger charge is 2.25. The third-order valence-corrected chi connectivity index (χ3v) is 6.17. The number of para-hydroxylation sites is 3. The normalized spacial score (nSPS) is 15.1. The van der Waals surface area contributed by atoms with E-state index in [1.807, 2.05) is 54.6 Å². The van der Waals surface area contributed by atoms with Crippen LogP contribution in [0.2, 0.25) is 0 Å². The molecule has 1 heterocycles. The highest BCUT2D eigenvalue weighted by atomic mass is 32.2. The van der Waals surface area contributed by atoms with Gasteiger partial charge >= 0.3 is 0 Å². The zero-order chi connectivity index (χ0) is 22.6. The van der Waals surface area contributed by atoms with Crippen molar-refractivity contribution in [2.24, 2.45) is 0 Å². The number of carbonyl (C=O) groups is 1. The summed E-state index contributed by atoms with van der Waals surface area (Å²) in [6.07, 6.45) is 0.784. The predicted octanol–water partition coefficient (Wildman–Crippen LogP) is 3.22. The zero-order valence-corrected chi connectivity index (χ0v) is 18.4. The smallest absolute Gasteiger partial charge is 0.253 e. The number of anilines is 1. The molecule has 0 bridgehead atoms. The number of amides is 1. The minimum absolute atomic E-state index is 0.125. The first-order valence-electron chi connectivity index (χ1n) is 10.2. The fourth-order valence-electron chi connectivity index (χ4n) is 3.48. The monoisotopic (exact) mass is 452 g/mol. The molecule has 1 N–H and O–H groups in total. The first-order chi connectivity index (χ1) is 15.4.